The smallest absolute Gasteiger partial charge is 0.238 e. The standard InChI is InChI=1S/C28H29FN4O4S/c1-32(2)13-14-33(38(3,35)36)22-9-7-21(8-10-22)30-27(19-5-4-18-12-15-37-25(18)16-19)26-23-11-6-20(29)17-24(23)31-28(26)34/h4-11,16-17,26H,12-15H2,1-3H3,(H,31,34). The predicted molar refractivity (Wildman–Crippen MR) is 147 cm³/mol. The molecule has 5 rings (SSSR count). The Morgan fingerprint density at radius 2 is 1.84 bits per heavy atom. The minimum atomic E-state index is -3.48. The molecule has 0 spiro atoms. The number of fused-ring (bicyclic) bond motifs is 2. The highest BCUT2D eigenvalue weighted by atomic mass is 32.2. The fourth-order valence-electron chi connectivity index (χ4n) is 4.74. The van der Waals surface area contributed by atoms with E-state index in [-0.39, 0.29) is 5.91 Å². The SMILES string of the molecule is CN(C)CCN(c1ccc(N=C(c2ccc3c(c2)OCC3)C2C(=O)Nc3cc(F)ccc32)cc1)S(C)(=O)=O. The van der Waals surface area contributed by atoms with Crippen molar-refractivity contribution >= 4 is 38.7 Å². The quantitative estimate of drug-likeness (QED) is 0.441. The molecule has 1 N–H and O–H groups in total. The Kier molecular flexibility index (Phi) is 6.93. The number of benzene rings is 3. The van der Waals surface area contributed by atoms with Gasteiger partial charge in [-0.15, -0.1) is 0 Å². The number of ether oxygens (including phenoxy) is 1. The molecule has 3 aromatic carbocycles. The van der Waals surface area contributed by atoms with Gasteiger partial charge in [-0.1, -0.05) is 18.2 Å². The van der Waals surface area contributed by atoms with Crippen molar-refractivity contribution in [3.63, 3.8) is 0 Å². The van der Waals surface area contributed by atoms with Crippen LogP contribution in [0.2, 0.25) is 0 Å². The van der Waals surface area contributed by atoms with E-state index < -0.39 is 21.8 Å². The number of nitrogens with zero attached hydrogens (tertiary/aromatic N) is 3. The summed E-state index contributed by atoms with van der Waals surface area (Å²) >= 11 is 0. The first-order chi connectivity index (χ1) is 18.1. The zero-order valence-corrected chi connectivity index (χ0v) is 22.3. The van der Waals surface area contributed by atoms with Crippen LogP contribution < -0.4 is 14.4 Å². The maximum atomic E-state index is 13.9. The Balaban J connectivity index is 1.56. The number of amides is 1. The Morgan fingerprint density at radius 1 is 1.08 bits per heavy atom. The molecule has 38 heavy (non-hydrogen) atoms. The van der Waals surface area contributed by atoms with Crippen LogP contribution in [-0.2, 0) is 21.2 Å². The topological polar surface area (TPSA) is 91.3 Å². The lowest BCUT2D eigenvalue weighted by atomic mass is 9.90. The van der Waals surface area contributed by atoms with Crippen LogP contribution >= 0.6 is 0 Å². The van der Waals surface area contributed by atoms with E-state index >= 15 is 0 Å². The number of nitrogens with one attached hydrogen (secondary N) is 1. The zero-order chi connectivity index (χ0) is 27.0. The summed E-state index contributed by atoms with van der Waals surface area (Å²) in [5.41, 5.74) is 4.44. The number of carbonyl (C=O) groups excluding carboxylic acids is 1. The maximum Gasteiger partial charge on any atom is 0.238 e. The van der Waals surface area contributed by atoms with Gasteiger partial charge in [0, 0.05) is 30.8 Å². The number of sulfonamides is 1. The molecule has 0 saturated carbocycles. The molecule has 0 fully saturated rings. The third kappa shape index (κ3) is 5.27. The predicted octanol–water partition coefficient (Wildman–Crippen LogP) is 3.94. The Labute approximate surface area is 221 Å². The Morgan fingerprint density at radius 3 is 2.55 bits per heavy atom. The fraction of sp³-hybridized carbons (Fsp3) is 0.286. The van der Waals surface area contributed by atoms with Gasteiger partial charge in [-0.25, -0.2) is 12.8 Å². The lowest BCUT2D eigenvalue weighted by Crippen LogP contribution is -2.35. The molecule has 0 saturated heterocycles. The third-order valence-corrected chi connectivity index (χ3v) is 7.84. The summed E-state index contributed by atoms with van der Waals surface area (Å²) < 4.78 is 45.9. The Bertz CT molecular complexity index is 1520. The van der Waals surface area contributed by atoms with Crippen molar-refractivity contribution in [2.75, 3.05) is 49.7 Å². The van der Waals surface area contributed by atoms with Crippen molar-refractivity contribution < 1.29 is 22.3 Å². The number of anilines is 2. The van der Waals surface area contributed by atoms with Crippen LogP contribution in [0.15, 0.2) is 65.7 Å². The van der Waals surface area contributed by atoms with E-state index in [0.717, 1.165) is 23.3 Å². The van der Waals surface area contributed by atoms with E-state index in [9.17, 15) is 17.6 Å². The Hall–Kier alpha value is -3.76. The summed E-state index contributed by atoms with van der Waals surface area (Å²) in [5, 5.41) is 2.77. The number of hydrogen-bond donors (Lipinski definition) is 1. The maximum absolute atomic E-state index is 13.9. The van der Waals surface area contributed by atoms with Crippen LogP contribution in [0.3, 0.4) is 0 Å². The van der Waals surface area contributed by atoms with Crippen molar-refractivity contribution in [2.24, 2.45) is 4.99 Å². The number of carbonyl (C=O) groups is 1. The summed E-state index contributed by atoms with van der Waals surface area (Å²) in [6, 6.07) is 16.9. The summed E-state index contributed by atoms with van der Waals surface area (Å²) in [6.07, 6.45) is 2.00. The van der Waals surface area contributed by atoms with Crippen molar-refractivity contribution in [3.8, 4) is 5.75 Å². The second-order valence-corrected chi connectivity index (χ2v) is 11.6. The molecule has 1 amide bonds. The molecular weight excluding hydrogens is 507 g/mol. The molecule has 2 aliphatic rings. The molecule has 1 unspecified atom stereocenters. The van der Waals surface area contributed by atoms with Crippen LogP contribution in [0, 0.1) is 5.82 Å². The number of likely N-dealkylation sites (N-methyl/N-ethyl adjacent to an activating group) is 1. The van der Waals surface area contributed by atoms with Gasteiger partial charge in [-0.05, 0) is 67.7 Å². The number of halogens is 1. The van der Waals surface area contributed by atoms with E-state index in [1.807, 2.05) is 37.2 Å². The van der Waals surface area contributed by atoms with Crippen molar-refractivity contribution in [2.45, 2.75) is 12.3 Å². The molecule has 8 nitrogen and oxygen atoms in total. The van der Waals surface area contributed by atoms with Crippen molar-refractivity contribution in [1.29, 1.82) is 0 Å². The summed E-state index contributed by atoms with van der Waals surface area (Å²) in [7, 11) is 0.287. The summed E-state index contributed by atoms with van der Waals surface area (Å²) in [6.45, 7) is 1.47. The van der Waals surface area contributed by atoms with Gasteiger partial charge in [0.2, 0.25) is 15.9 Å². The average Bonchev–Trinajstić information content (AvgIpc) is 3.45. The first-order valence-electron chi connectivity index (χ1n) is 12.3. The molecule has 1 atom stereocenters. The van der Waals surface area contributed by atoms with E-state index in [1.54, 1.807) is 30.3 Å². The molecule has 3 aromatic rings. The number of aliphatic imine (C=N–C) groups is 1. The highest BCUT2D eigenvalue weighted by molar-refractivity contribution is 7.92. The van der Waals surface area contributed by atoms with Crippen molar-refractivity contribution in [1.82, 2.24) is 4.90 Å². The minimum absolute atomic E-state index is 0.297. The number of hydrogen-bond acceptors (Lipinski definition) is 6. The first kappa shape index (κ1) is 25.9. The fourth-order valence-corrected chi connectivity index (χ4v) is 5.66. The monoisotopic (exact) mass is 536 g/mol. The van der Waals surface area contributed by atoms with E-state index in [0.29, 0.717) is 48.0 Å². The summed E-state index contributed by atoms with van der Waals surface area (Å²) in [4.78, 5) is 19.9. The second-order valence-electron chi connectivity index (χ2n) is 9.73. The van der Waals surface area contributed by atoms with Gasteiger partial charge in [0.1, 0.15) is 17.5 Å². The van der Waals surface area contributed by atoms with Gasteiger partial charge >= 0.3 is 0 Å². The van der Waals surface area contributed by atoms with Gasteiger partial charge < -0.3 is 15.0 Å². The molecule has 198 valence electrons. The van der Waals surface area contributed by atoms with E-state index in [4.69, 9.17) is 9.73 Å². The zero-order valence-electron chi connectivity index (χ0n) is 21.4. The van der Waals surface area contributed by atoms with Crippen LogP contribution in [0.1, 0.15) is 22.6 Å². The lowest BCUT2D eigenvalue weighted by Gasteiger charge is -2.24. The second kappa shape index (κ2) is 10.2. The molecule has 10 heteroatoms. The van der Waals surface area contributed by atoms with Gasteiger partial charge in [0.25, 0.3) is 0 Å². The van der Waals surface area contributed by atoms with Gasteiger partial charge in [0.05, 0.1) is 29.9 Å². The van der Waals surface area contributed by atoms with Gasteiger partial charge in [0.15, 0.2) is 0 Å². The number of rotatable bonds is 8. The molecule has 0 aliphatic carbocycles. The molecule has 2 aliphatic heterocycles. The molecule has 0 bridgehead atoms. The molecule has 0 radical (unpaired) electrons. The minimum Gasteiger partial charge on any atom is -0.493 e. The van der Waals surface area contributed by atoms with Crippen molar-refractivity contribution in [3.05, 3.63) is 83.2 Å². The van der Waals surface area contributed by atoms with E-state index in [1.165, 1.54) is 22.7 Å². The van der Waals surface area contributed by atoms with Crippen LogP contribution in [0.4, 0.5) is 21.5 Å². The van der Waals surface area contributed by atoms with Crippen LogP contribution in [0.25, 0.3) is 0 Å². The highest BCUT2D eigenvalue weighted by Crippen LogP contribution is 2.38. The molecular formula is C28H29FN4O4S. The van der Waals surface area contributed by atoms with Crippen LogP contribution in [-0.4, -0.2) is 65.0 Å². The highest BCUT2D eigenvalue weighted by Gasteiger charge is 2.36. The first-order valence-corrected chi connectivity index (χ1v) is 14.1. The van der Waals surface area contributed by atoms with Crippen LogP contribution in [0.5, 0.6) is 5.75 Å². The largest absolute Gasteiger partial charge is 0.493 e. The third-order valence-electron chi connectivity index (χ3n) is 6.65. The molecule has 2 heterocycles. The van der Waals surface area contributed by atoms with Gasteiger partial charge in [-0.3, -0.25) is 14.1 Å². The average molecular weight is 537 g/mol. The van der Waals surface area contributed by atoms with Gasteiger partial charge in [-0.2, -0.15) is 0 Å². The molecule has 0 aromatic heterocycles. The normalized spacial score (nSPS) is 16.7. The van der Waals surface area contributed by atoms with E-state index in [2.05, 4.69) is 5.32 Å². The lowest BCUT2D eigenvalue weighted by molar-refractivity contribution is -0.115. The summed E-state index contributed by atoms with van der Waals surface area (Å²) in [5.74, 6) is -0.728.